The first-order valence-electron chi connectivity index (χ1n) is 5.42. The van der Waals surface area contributed by atoms with E-state index in [1.807, 2.05) is 0 Å². The molecule has 1 aromatic rings. The van der Waals surface area contributed by atoms with Crippen molar-refractivity contribution < 1.29 is 40.7 Å². The van der Waals surface area contributed by atoms with Crippen molar-refractivity contribution in [2.75, 3.05) is 10.6 Å². The molecule has 1 rings (SSSR count). The van der Waals surface area contributed by atoms with Crippen LogP contribution in [0.1, 0.15) is 10.4 Å². The van der Waals surface area contributed by atoms with Gasteiger partial charge in [0.15, 0.2) is 0 Å². The van der Waals surface area contributed by atoms with Gasteiger partial charge in [-0.25, -0.2) is 0 Å². The number of halogens is 7. The van der Waals surface area contributed by atoms with Crippen molar-refractivity contribution in [3.63, 3.8) is 0 Å². The molecule has 0 heterocycles. The van der Waals surface area contributed by atoms with Crippen LogP contribution in [0.3, 0.4) is 0 Å². The topological polar surface area (TPSA) is 75.3 Å². The molecule has 1 aromatic carbocycles. The Bertz CT molecular complexity index is 610. The lowest BCUT2D eigenvalue weighted by Gasteiger charge is -2.12. The number of alkyl halides is 6. The first kappa shape index (κ1) is 18.7. The molecule has 0 aliphatic rings. The molecule has 0 aliphatic carbocycles. The average molecular weight is 363 g/mol. The molecule has 0 atom stereocenters. The van der Waals surface area contributed by atoms with E-state index in [4.69, 9.17) is 11.6 Å². The number of rotatable bonds is 3. The zero-order valence-corrected chi connectivity index (χ0v) is 11.4. The first-order chi connectivity index (χ1) is 10.3. The van der Waals surface area contributed by atoms with Crippen LogP contribution in [0.2, 0.25) is 0 Å². The Morgan fingerprint density at radius 3 is 1.39 bits per heavy atom. The molecule has 23 heavy (non-hydrogen) atoms. The second kappa shape index (κ2) is 6.44. The Hall–Kier alpha value is -2.30. The van der Waals surface area contributed by atoms with E-state index >= 15 is 0 Å². The second-order valence-corrected chi connectivity index (χ2v) is 4.32. The predicted molar refractivity (Wildman–Crippen MR) is 66.0 cm³/mol. The van der Waals surface area contributed by atoms with Crippen LogP contribution in [0.25, 0.3) is 0 Å². The molecular weight excluding hydrogens is 358 g/mol. The highest BCUT2D eigenvalue weighted by molar-refractivity contribution is 6.67. The van der Waals surface area contributed by atoms with Crippen LogP contribution in [0, 0.1) is 0 Å². The van der Waals surface area contributed by atoms with E-state index in [-0.39, 0.29) is 0 Å². The maximum atomic E-state index is 12.1. The van der Waals surface area contributed by atoms with E-state index in [2.05, 4.69) is 0 Å². The molecule has 0 saturated heterocycles. The van der Waals surface area contributed by atoms with Gasteiger partial charge in [-0.1, -0.05) is 0 Å². The summed E-state index contributed by atoms with van der Waals surface area (Å²) in [5.74, 6) is -4.85. The summed E-state index contributed by atoms with van der Waals surface area (Å²) >= 11 is 5.09. The molecule has 0 aliphatic heterocycles. The Labute approximate surface area is 128 Å². The number of carbonyl (C=O) groups excluding carboxylic acids is 3. The van der Waals surface area contributed by atoms with Crippen LogP contribution in [0.5, 0.6) is 0 Å². The second-order valence-electron chi connectivity index (χ2n) is 3.98. The summed E-state index contributed by atoms with van der Waals surface area (Å²) in [5, 5.41) is 1.42. The number of hydrogen-bond acceptors (Lipinski definition) is 3. The molecule has 12 heteroatoms. The smallest absolute Gasteiger partial charge is 0.318 e. The van der Waals surface area contributed by atoms with E-state index in [1.165, 1.54) is 10.6 Å². The average Bonchev–Trinajstić information content (AvgIpc) is 2.35. The fraction of sp³-hybridized carbons (Fsp3) is 0.182. The van der Waals surface area contributed by atoms with E-state index in [1.54, 1.807) is 0 Å². The van der Waals surface area contributed by atoms with Gasteiger partial charge in [0.25, 0.3) is 5.24 Å². The van der Waals surface area contributed by atoms with Crippen LogP contribution < -0.4 is 10.6 Å². The Morgan fingerprint density at radius 1 is 0.783 bits per heavy atom. The minimum Gasteiger partial charge on any atom is -0.318 e. The Balaban J connectivity index is 3.16. The van der Waals surface area contributed by atoms with Crippen LogP contribution >= 0.6 is 11.6 Å². The molecule has 0 radical (unpaired) electrons. The van der Waals surface area contributed by atoms with E-state index in [0.717, 1.165) is 0 Å². The molecule has 0 fully saturated rings. The Morgan fingerprint density at radius 2 is 1.13 bits per heavy atom. The minimum atomic E-state index is -5.27. The van der Waals surface area contributed by atoms with Crippen molar-refractivity contribution in [3.8, 4) is 0 Å². The minimum absolute atomic E-state index is 0.538. The largest absolute Gasteiger partial charge is 0.471 e. The Kier molecular flexibility index (Phi) is 5.25. The quantitative estimate of drug-likeness (QED) is 0.641. The lowest BCUT2D eigenvalue weighted by Crippen LogP contribution is -2.31. The third-order valence-electron chi connectivity index (χ3n) is 2.19. The van der Waals surface area contributed by atoms with E-state index in [0.29, 0.717) is 18.2 Å². The van der Waals surface area contributed by atoms with Gasteiger partial charge in [0.1, 0.15) is 0 Å². The molecular formula is C11H5ClF6N2O3. The number of hydrogen-bond donors (Lipinski definition) is 2. The van der Waals surface area contributed by atoms with Crippen molar-refractivity contribution in [1.82, 2.24) is 0 Å². The number of benzene rings is 1. The predicted octanol–water partition coefficient (Wildman–Crippen LogP) is 3.07. The van der Waals surface area contributed by atoms with Crippen LogP contribution in [0.4, 0.5) is 37.7 Å². The molecule has 0 saturated carbocycles. The standard InChI is InChI=1S/C11H5ClF6N2O3/c12-7(21)4-1-5(19-8(22)10(13,14)15)3-6(2-4)20-9(23)11(16,17)18/h1-3H,(H,19,22)(H,20,23). The van der Waals surface area contributed by atoms with E-state index in [9.17, 15) is 40.7 Å². The third-order valence-corrected chi connectivity index (χ3v) is 2.41. The molecule has 2 amide bonds. The highest BCUT2D eigenvalue weighted by atomic mass is 35.5. The SMILES string of the molecule is O=C(Cl)c1cc(NC(=O)C(F)(F)F)cc(NC(=O)C(F)(F)F)c1. The van der Waals surface area contributed by atoms with Crippen LogP contribution in [-0.4, -0.2) is 29.4 Å². The van der Waals surface area contributed by atoms with Gasteiger partial charge in [0.05, 0.1) is 0 Å². The maximum absolute atomic E-state index is 12.1. The van der Waals surface area contributed by atoms with E-state index < -0.39 is 46.3 Å². The highest BCUT2D eigenvalue weighted by Crippen LogP contribution is 2.25. The fourth-order valence-electron chi connectivity index (χ4n) is 1.29. The first-order valence-corrected chi connectivity index (χ1v) is 5.80. The summed E-state index contributed by atoms with van der Waals surface area (Å²) in [7, 11) is 0. The van der Waals surface area contributed by atoms with Crippen molar-refractivity contribution in [2.45, 2.75) is 12.4 Å². The maximum Gasteiger partial charge on any atom is 0.471 e. The normalized spacial score (nSPS) is 11.8. The number of carbonyl (C=O) groups is 3. The number of amides is 2. The van der Waals surface area contributed by atoms with Gasteiger partial charge in [0.2, 0.25) is 0 Å². The van der Waals surface area contributed by atoms with Gasteiger partial charge >= 0.3 is 24.2 Å². The van der Waals surface area contributed by atoms with Gasteiger partial charge in [0, 0.05) is 16.9 Å². The van der Waals surface area contributed by atoms with Crippen LogP contribution in [-0.2, 0) is 9.59 Å². The summed E-state index contributed by atoms with van der Waals surface area (Å²) in [5.41, 5.74) is -1.91. The van der Waals surface area contributed by atoms with Crippen LogP contribution in [0.15, 0.2) is 18.2 Å². The molecule has 5 nitrogen and oxygen atoms in total. The summed E-state index contributed by atoms with van der Waals surface area (Å²) in [6, 6.07) is 1.99. The monoisotopic (exact) mass is 362 g/mol. The number of anilines is 2. The third kappa shape index (κ3) is 5.43. The zero-order chi connectivity index (χ0) is 18.0. The van der Waals surface area contributed by atoms with Gasteiger partial charge in [-0.2, -0.15) is 26.3 Å². The molecule has 0 bridgehead atoms. The number of nitrogens with one attached hydrogen (secondary N) is 2. The molecule has 0 spiro atoms. The van der Waals surface area contributed by atoms with Gasteiger partial charge in [-0.05, 0) is 29.8 Å². The summed E-state index contributed by atoms with van der Waals surface area (Å²) in [6.45, 7) is 0. The van der Waals surface area contributed by atoms with Crippen molar-refractivity contribution in [1.29, 1.82) is 0 Å². The van der Waals surface area contributed by atoms with Gasteiger partial charge < -0.3 is 10.6 Å². The lowest BCUT2D eigenvalue weighted by atomic mass is 10.2. The summed E-state index contributed by atoms with van der Waals surface area (Å²) in [4.78, 5) is 32.6. The highest BCUT2D eigenvalue weighted by Gasteiger charge is 2.40. The van der Waals surface area contributed by atoms with Gasteiger partial charge in [-0.3, -0.25) is 14.4 Å². The fourth-order valence-corrected chi connectivity index (χ4v) is 1.40. The van der Waals surface area contributed by atoms with Crippen molar-refractivity contribution in [2.24, 2.45) is 0 Å². The molecule has 0 aromatic heterocycles. The summed E-state index contributed by atoms with van der Waals surface area (Å²) < 4.78 is 72.8. The molecule has 0 unspecified atom stereocenters. The lowest BCUT2D eigenvalue weighted by molar-refractivity contribution is -0.167. The molecule has 126 valence electrons. The van der Waals surface area contributed by atoms with Crippen molar-refractivity contribution in [3.05, 3.63) is 23.8 Å². The van der Waals surface area contributed by atoms with Crippen molar-refractivity contribution >= 4 is 40.0 Å². The molecule has 2 N–H and O–H groups in total. The zero-order valence-electron chi connectivity index (χ0n) is 10.6. The van der Waals surface area contributed by atoms with Gasteiger partial charge in [-0.15, -0.1) is 0 Å². The summed E-state index contributed by atoms with van der Waals surface area (Å²) in [6.07, 6.45) is -10.5.